The van der Waals surface area contributed by atoms with E-state index in [1.54, 1.807) is 6.07 Å². The number of alkyl halides is 3. The van der Waals surface area contributed by atoms with E-state index < -0.39 is 12.1 Å². The normalized spacial score (nSPS) is 16.6. The van der Waals surface area contributed by atoms with Crippen LogP contribution in [0.25, 0.3) is 0 Å². The SMILES string of the molecule is CC1CCN(Cc2cc(Br)ccc2O)CC1.O=C(O)C(F)(F)F. The van der Waals surface area contributed by atoms with Gasteiger partial charge in [0, 0.05) is 16.6 Å². The summed E-state index contributed by atoms with van der Waals surface area (Å²) in [6, 6.07) is 5.64. The maximum absolute atomic E-state index is 10.6. The Labute approximate surface area is 141 Å². The van der Waals surface area contributed by atoms with E-state index in [0.29, 0.717) is 5.75 Å². The van der Waals surface area contributed by atoms with Crippen molar-refractivity contribution in [3.8, 4) is 5.75 Å². The Morgan fingerprint density at radius 3 is 2.35 bits per heavy atom. The highest BCUT2D eigenvalue weighted by Gasteiger charge is 2.38. The van der Waals surface area contributed by atoms with Crippen LogP contribution in [0, 0.1) is 5.92 Å². The van der Waals surface area contributed by atoms with Crippen molar-refractivity contribution < 1.29 is 28.2 Å². The molecule has 0 bridgehead atoms. The van der Waals surface area contributed by atoms with Crippen molar-refractivity contribution in [2.24, 2.45) is 5.92 Å². The van der Waals surface area contributed by atoms with Crippen LogP contribution in [0.3, 0.4) is 0 Å². The van der Waals surface area contributed by atoms with E-state index in [1.165, 1.54) is 12.8 Å². The number of likely N-dealkylation sites (tertiary alicyclic amines) is 1. The van der Waals surface area contributed by atoms with Gasteiger partial charge in [0.2, 0.25) is 0 Å². The number of piperidine rings is 1. The largest absolute Gasteiger partial charge is 0.508 e. The molecule has 0 radical (unpaired) electrons. The van der Waals surface area contributed by atoms with Gasteiger partial charge in [0.25, 0.3) is 0 Å². The molecule has 1 aromatic carbocycles. The Balaban J connectivity index is 0.000000322. The molecule has 0 aromatic heterocycles. The van der Waals surface area contributed by atoms with E-state index in [0.717, 1.165) is 35.6 Å². The van der Waals surface area contributed by atoms with E-state index in [1.807, 2.05) is 12.1 Å². The van der Waals surface area contributed by atoms with E-state index >= 15 is 0 Å². The first-order valence-electron chi connectivity index (χ1n) is 7.09. The average Bonchev–Trinajstić information content (AvgIpc) is 2.45. The van der Waals surface area contributed by atoms with E-state index in [-0.39, 0.29) is 0 Å². The zero-order chi connectivity index (χ0) is 17.6. The second kappa shape index (κ2) is 8.54. The van der Waals surface area contributed by atoms with Crippen molar-refractivity contribution in [3.63, 3.8) is 0 Å². The molecule has 0 saturated carbocycles. The van der Waals surface area contributed by atoms with Crippen molar-refractivity contribution in [3.05, 3.63) is 28.2 Å². The molecule has 1 fully saturated rings. The smallest absolute Gasteiger partial charge is 0.490 e. The Morgan fingerprint density at radius 1 is 1.35 bits per heavy atom. The van der Waals surface area contributed by atoms with E-state index in [4.69, 9.17) is 9.90 Å². The van der Waals surface area contributed by atoms with Crippen molar-refractivity contribution in [2.45, 2.75) is 32.5 Å². The molecule has 2 N–H and O–H groups in total. The van der Waals surface area contributed by atoms with Crippen LogP contribution in [-0.2, 0) is 11.3 Å². The molecule has 1 saturated heterocycles. The van der Waals surface area contributed by atoms with E-state index in [9.17, 15) is 18.3 Å². The highest BCUT2D eigenvalue weighted by molar-refractivity contribution is 9.10. The monoisotopic (exact) mass is 397 g/mol. The number of halogens is 4. The summed E-state index contributed by atoms with van der Waals surface area (Å²) < 4.78 is 32.8. The lowest BCUT2D eigenvalue weighted by molar-refractivity contribution is -0.192. The zero-order valence-corrected chi connectivity index (χ0v) is 14.2. The number of hydrogen-bond acceptors (Lipinski definition) is 3. The third-order valence-corrected chi connectivity index (χ3v) is 4.05. The fraction of sp³-hybridized carbons (Fsp3) is 0.533. The van der Waals surface area contributed by atoms with Crippen molar-refractivity contribution in [1.82, 2.24) is 4.90 Å². The Kier molecular flexibility index (Phi) is 7.34. The highest BCUT2D eigenvalue weighted by atomic mass is 79.9. The Hall–Kier alpha value is -1.28. The minimum atomic E-state index is -5.08. The Morgan fingerprint density at radius 2 is 1.87 bits per heavy atom. The standard InChI is InChI=1S/C13H18BrNO.C2HF3O2/c1-10-4-6-15(7-5-10)9-11-8-12(14)2-3-13(11)16;3-2(4,5)1(6)7/h2-3,8,10,16H,4-7,9H2,1H3;(H,6,7). The van der Waals surface area contributed by atoms with Gasteiger partial charge in [0.15, 0.2) is 0 Å². The van der Waals surface area contributed by atoms with Crippen LogP contribution in [0.15, 0.2) is 22.7 Å². The van der Waals surface area contributed by atoms with Gasteiger partial charge in [-0.3, -0.25) is 4.90 Å². The van der Waals surface area contributed by atoms with Crippen LogP contribution in [-0.4, -0.2) is 40.3 Å². The minimum Gasteiger partial charge on any atom is -0.508 e. The van der Waals surface area contributed by atoms with Gasteiger partial charge in [0.05, 0.1) is 0 Å². The summed E-state index contributed by atoms with van der Waals surface area (Å²) in [4.78, 5) is 11.3. The number of carbonyl (C=O) groups is 1. The molecular formula is C15H19BrF3NO3. The minimum absolute atomic E-state index is 0.404. The topological polar surface area (TPSA) is 60.8 Å². The zero-order valence-electron chi connectivity index (χ0n) is 12.6. The molecule has 1 heterocycles. The van der Waals surface area contributed by atoms with Gasteiger partial charge in [-0.15, -0.1) is 0 Å². The molecule has 2 rings (SSSR count). The third-order valence-electron chi connectivity index (χ3n) is 3.55. The lowest BCUT2D eigenvalue weighted by Crippen LogP contribution is -2.32. The first kappa shape index (κ1) is 19.8. The summed E-state index contributed by atoms with van der Waals surface area (Å²) in [7, 11) is 0. The summed E-state index contributed by atoms with van der Waals surface area (Å²) in [5.41, 5.74) is 1.02. The molecule has 0 aliphatic carbocycles. The predicted octanol–water partition coefficient (Wildman–Crippen LogP) is 4.02. The number of benzene rings is 1. The molecule has 23 heavy (non-hydrogen) atoms. The van der Waals surface area contributed by atoms with Gasteiger partial charge < -0.3 is 10.2 Å². The van der Waals surface area contributed by atoms with Crippen molar-refractivity contribution in [1.29, 1.82) is 0 Å². The van der Waals surface area contributed by atoms with Crippen LogP contribution in [0.5, 0.6) is 5.75 Å². The molecule has 0 unspecified atom stereocenters. The number of nitrogens with zero attached hydrogens (tertiary/aromatic N) is 1. The van der Waals surface area contributed by atoms with Crippen LogP contribution in [0.4, 0.5) is 13.2 Å². The maximum atomic E-state index is 10.6. The molecule has 4 nitrogen and oxygen atoms in total. The van der Waals surface area contributed by atoms with Crippen LogP contribution < -0.4 is 0 Å². The molecule has 1 aliphatic rings. The average molecular weight is 398 g/mol. The number of aliphatic carboxylic acids is 1. The summed E-state index contributed by atoms with van der Waals surface area (Å²) in [6.07, 6.45) is -2.54. The van der Waals surface area contributed by atoms with Gasteiger partial charge in [-0.2, -0.15) is 13.2 Å². The predicted molar refractivity (Wildman–Crippen MR) is 83.2 cm³/mol. The van der Waals surface area contributed by atoms with Crippen LogP contribution >= 0.6 is 15.9 Å². The molecule has 0 atom stereocenters. The van der Waals surface area contributed by atoms with Crippen LogP contribution in [0.2, 0.25) is 0 Å². The summed E-state index contributed by atoms with van der Waals surface area (Å²) in [5.74, 6) is -1.50. The summed E-state index contributed by atoms with van der Waals surface area (Å²) >= 11 is 3.44. The molecule has 8 heteroatoms. The first-order valence-corrected chi connectivity index (χ1v) is 7.88. The molecule has 130 valence electrons. The Bertz CT molecular complexity index is 529. The quantitative estimate of drug-likeness (QED) is 0.790. The van der Waals surface area contributed by atoms with Gasteiger partial charge in [-0.05, 0) is 50.0 Å². The van der Waals surface area contributed by atoms with Crippen molar-refractivity contribution >= 4 is 21.9 Å². The lowest BCUT2D eigenvalue weighted by atomic mass is 9.99. The first-order chi connectivity index (χ1) is 10.6. The summed E-state index contributed by atoms with van der Waals surface area (Å²) in [5, 5.41) is 16.9. The summed E-state index contributed by atoms with van der Waals surface area (Å²) in [6.45, 7) is 5.46. The third kappa shape index (κ3) is 7.22. The number of rotatable bonds is 2. The van der Waals surface area contributed by atoms with Gasteiger partial charge in [-0.1, -0.05) is 22.9 Å². The van der Waals surface area contributed by atoms with Crippen LogP contribution in [0.1, 0.15) is 25.3 Å². The van der Waals surface area contributed by atoms with Crippen molar-refractivity contribution in [2.75, 3.05) is 13.1 Å². The second-order valence-electron chi connectivity index (χ2n) is 5.53. The van der Waals surface area contributed by atoms with Gasteiger partial charge in [-0.25, -0.2) is 4.79 Å². The molecule has 1 aliphatic heterocycles. The fourth-order valence-electron chi connectivity index (χ4n) is 2.14. The number of aromatic hydroxyl groups is 1. The number of carboxylic acids is 1. The molecule has 0 amide bonds. The number of phenolic OH excluding ortho intramolecular Hbond substituents is 1. The van der Waals surface area contributed by atoms with Gasteiger partial charge in [0.1, 0.15) is 5.75 Å². The number of carboxylic acid groups (broad SMARTS) is 1. The van der Waals surface area contributed by atoms with E-state index in [2.05, 4.69) is 27.8 Å². The number of hydrogen-bond donors (Lipinski definition) is 2. The lowest BCUT2D eigenvalue weighted by Gasteiger charge is -2.30. The fourth-order valence-corrected chi connectivity index (χ4v) is 2.55. The second-order valence-corrected chi connectivity index (χ2v) is 6.45. The number of phenols is 1. The molecule has 1 aromatic rings. The molecule has 0 spiro atoms. The maximum Gasteiger partial charge on any atom is 0.490 e. The highest BCUT2D eigenvalue weighted by Crippen LogP contribution is 2.25. The molecular weight excluding hydrogens is 379 g/mol. The van der Waals surface area contributed by atoms with Gasteiger partial charge >= 0.3 is 12.1 Å².